The second-order valence-electron chi connectivity index (χ2n) is 5.63. The van der Waals surface area contributed by atoms with E-state index in [1.165, 1.54) is 20.3 Å². The van der Waals surface area contributed by atoms with E-state index in [9.17, 15) is 13.6 Å². The highest BCUT2D eigenvalue weighted by molar-refractivity contribution is 5.95. The summed E-state index contributed by atoms with van der Waals surface area (Å²) >= 11 is 0. The third-order valence-corrected chi connectivity index (χ3v) is 3.92. The number of nitrogens with one attached hydrogen (secondary N) is 1. The highest BCUT2D eigenvalue weighted by atomic mass is 19.1. The lowest BCUT2D eigenvalue weighted by molar-refractivity contribution is 0.0932. The predicted molar refractivity (Wildman–Crippen MR) is 86.4 cm³/mol. The van der Waals surface area contributed by atoms with Crippen LogP contribution >= 0.6 is 0 Å². The maximum atomic E-state index is 13.7. The summed E-state index contributed by atoms with van der Waals surface area (Å²) < 4.78 is 42.6. The first-order valence-electron chi connectivity index (χ1n) is 7.66. The molecule has 0 saturated heterocycles. The van der Waals surface area contributed by atoms with Crippen molar-refractivity contribution >= 4 is 5.91 Å². The number of carbonyl (C=O) groups excluding carboxylic acids is 1. The lowest BCUT2D eigenvalue weighted by atomic mass is 10.1. The van der Waals surface area contributed by atoms with Gasteiger partial charge in [-0.05, 0) is 18.2 Å². The van der Waals surface area contributed by atoms with E-state index >= 15 is 0 Å². The zero-order chi connectivity index (χ0) is 18.0. The van der Waals surface area contributed by atoms with E-state index in [0.29, 0.717) is 29.0 Å². The largest absolute Gasteiger partial charge is 0.497 e. The molecule has 132 valence electrons. The Morgan fingerprint density at radius 3 is 2.48 bits per heavy atom. The zero-order valence-electron chi connectivity index (χ0n) is 13.8. The van der Waals surface area contributed by atoms with Crippen LogP contribution in [0.2, 0.25) is 0 Å². The molecular weight excluding hydrogens is 332 g/mol. The first-order chi connectivity index (χ1) is 12.0. The molecule has 1 heterocycles. The van der Waals surface area contributed by atoms with Gasteiger partial charge in [-0.2, -0.15) is 0 Å². The van der Waals surface area contributed by atoms with Crippen molar-refractivity contribution in [3.63, 3.8) is 0 Å². The van der Waals surface area contributed by atoms with Crippen LogP contribution in [0.4, 0.5) is 8.78 Å². The van der Waals surface area contributed by atoms with Crippen molar-refractivity contribution in [2.45, 2.75) is 12.5 Å². The fourth-order valence-electron chi connectivity index (χ4n) is 2.71. The standard InChI is InChI=1S/C18H17F2NO4/c1-23-13-5-11(6-14(8-13)24-2)18(22)21-9-15-4-10-3-12(19)7-16(20)17(10)25-15/h3,5-8,15H,4,9H2,1-2H3,(H,21,22)/t15-/m0/s1. The van der Waals surface area contributed by atoms with Crippen molar-refractivity contribution in [1.82, 2.24) is 5.32 Å². The van der Waals surface area contributed by atoms with E-state index in [0.717, 1.165) is 6.07 Å². The Morgan fingerprint density at radius 2 is 1.84 bits per heavy atom. The Kier molecular flexibility index (Phi) is 4.74. The molecular formula is C18H17F2NO4. The molecule has 0 aromatic heterocycles. The van der Waals surface area contributed by atoms with Crippen molar-refractivity contribution in [1.29, 1.82) is 0 Å². The predicted octanol–water partition coefficient (Wildman–Crippen LogP) is 2.72. The lowest BCUT2D eigenvalue weighted by Gasteiger charge is -2.13. The fraction of sp³-hybridized carbons (Fsp3) is 0.278. The van der Waals surface area contributed by atoms with Gasteiger partial charge in [-0.3, -0.25) is 4.79 Å². The number of halogens is 2. The Balaban J connectivity index is 1.65. The van der Waals surface area contributed by atoms with Gasteiger partial charge in [-0.15, -0.1) is 0 Å². The summed E-state index contributed by atoms with van der Waals surface area (Å²) in [5.41, 5.74) is 0.823. The highest BCUT2D eigenvalue weighted by Crippen LogP contribution is 2.32. The summed E-state index contributed by atoms with van der Waals surface area (Å²) in [7, 11) is 2.99. The van der Waals surface area contributed by atoms with Crippen LogP contribution in [0.3, 0.4) is 0 Å². The summed E-state index contributed by atoms with van der Waals surface area (Å²) in [6, 6.07) is 6.84. The smallest absolute Gasteiger partial charge is 0.251 e. The van der Waals surface area contributed by atoms with E-state index in [-0.39, 0.29) is 18.2 Å². The molecule has 0 aliphatic carbocycles. The molecule has 2 aromatic carbocycles. The molecule has 1 aliphatic heterocycles. The molecule has 0 spiro atoms. The highest BCUT2D eigenvalue weighted by Gasteiger charge is 2.27. The van der Waals surface area contributed by atoms with E-state index in [4.69, 9.17) is 14.2 Å². The van der Waals surface area contributed by atoms with Gasteiger partial charge in [0.1, 0.15) is 23.4 Å². The Hall–Kier alpha value is -2.83. The molecule has 1 amide bonds. The van der Waals surface area contributed by atoms with Gasteiger partial charge in [0.2, 0.25) is 0 Å². The third-order valence-electron chi connectivity index (χ3n) is 3.92. The average molecular weight is 349 g/mol. The third kappa shape index (κ3) is 3.65. The second-order valence-corrected chi connectivity index (χ2v) is 5.63. The molecule has 0 radical (unpaired) electrons. The first-order valence-corrected chi connectivity index (χ1v) is 7.66. The summed E-state index contributed by atoms with van der Waals surface area (Å²) in [6.07, 6.45) is -0.131. The van der Waals surface area contributed by atoms with Gasteiger partial charge in [-0.1, -0.05) is 0 Å². The summed E-state index contributed by atoms with van der Waals surface area (Å²) in [5, 5.41) is 2.72. The molecule has 1 aliphatic rings. The Labute approximate surface area is 143 Å². The van der Waals surface area contributed by atoms with E-state index in [1.54, 1.807) is 18.2 Å². The van der Waals surface area contributed by atoms with E-state index < -0.39 is 17.7 Å². The quantitative estimate of drug-likeness (QED) is 0.902. The number of fused-ring (bicyclic) bond motifs is 1. The maximum Gasteiger partial charge on any atom is 0.251 e. The summed E-state index contributed by atoms with van der Waals surface area (Å²) in [5.74, 6) is -0.695. The maximum absolute atomic E-state index is 13.7. The molecule has 0 unspecified atom stereocenters. The van der Waals surface area contributed by atoms with Crippen molar-refractivity contribution < 1.29 is 27.8 Å². The van der Waals surface area contributed by atoms with Crippen LogP contribution in [-0.2, 0) is 6.42 Å². The molecule has 5 nitrogen and oxygen atoms in total. The molecule has 0 fully saturated rings. The molecule has 2 aromatic rings. The Morgan fingerprint density at radius 1 is 1.16 bits per heavy atom. The van der Waals surface area contributed by atoms with Gasteiger partial charge in [0, 0.05) is 29.7 Å². The normalized spacial score (nSPS) is 15.3. The van der Waals surface area contributed by atoms with Gasteiger partial charge in [0.05, 0.1) is 20.8 Å². The number of methoxy groups -OCH3 is 2. The van der Waals surface area contributed by atoms with Gasteiger partial charge >= 0.3 is 0 Å². The average Bonchev–Trinajstić information content (AvgIpc) is 3.02. The molecule has 25 heavy (non-hydrogen) atoms. The molecule has 0 saturated carbocycles. The number of carbonyl (C=O) groups is 1. The number of amides is 1. The molecule has 1 atom stereocenters. The van der Waals surface area contributed by atoms with E-state index in [2.05, 4.69) is 5.32 Å². The molecule has 1 N–H and O–H groups in total. The minimum Gasteiger partial charge on any atom is -0.497 e. The first kappa shape index (κ1) is 17.0. The second kappa shape index (κ2) is 6.96. The monoisotopic (exact) mass is 349 g/mol. The Bertz CT molecular complexity index is 788. The number of hydrogen-bond acceptors (Lipinski definition) is 4. The number of ether oxygens (including phenoxy) is 3. The van der Waals surface area contributed by atoms with Gasteiger partial charge in [-0.25, -0.2) is 8.78 Å². The lowest BCUT2D eigenvalue weighted by Crippen LogP contribution is -2.34. The minimum absolute atomic E-state index is 0.0451. The zero-order valence-corrected chi connectivity index (χ0v) is 13.8. The van der Waals surface area contributed by atoms with Crippen LogP contribution < -0.4 is 19.5 Å². The van der Waals surface area contributed by atoms with Crippen LogP contribution in [0.25, 0.3) is 0 Å². The van der Waals surface area contributed by atoms with Gasteiger partial charge in [0.15, 0.2) is 11.6 Å². The van der Waals surface area contributed by atoms with E-state index in [1.807, 2.05) is 0 Å². The van der Waals surface area contributed by atoms with Crippen LogP contribution in [0, 0.1) is 11.6 Å². The molecule has 3 rings (SSSR count). The molecule has 7 heteroatoms. The number of rotatable bonds is 5. The van der Waals surface area contributed by atoms with Crippen molar-refractivity contribution in [2.75, 3.05) is 20.8 Å². The van der Waals surface area contributed by atoms with Crippen LogP contribution in [-0.4, -0.2) is 32.8 Å². The summed E-state index contributed by atoms with van der Waals surface area (Å²) in [6.45, 7) is 0.161. The topological polar surface area (TPSA) is 56.8 Å². The number of hydrogen-bond donors (Lipinski definition) is 1. The SMILES string of the molecule is COc1cc(OC)cc(C(=O)NC[C@@H]2Cc3cc(F)cc(F)c3O2)c1. The van der Waals surface area contributed by atoms with Gasteiger partial charge < -0.3 is 19.5 Å². The van der Waals surface area contributed by atoms with Crippen molar-refractivity contribution in [3.05, 3.63) is 53.1 Å². The van der Waals surface area contributed by atoms with Crippen molar-refractivity contribution in [3.8, 4) is 17.2 Å². The summed E-state index contributed by atoms with van der Waals surface area (Å²) in [4.78, 5) is 12.3. The molecule has 0 bridgehead atoms. The van der Waals surface area contributed by atoms with Crippen LogP contribution in [0.5, 0.6) is 17.2 Å². The fourth-order valence-corrected chi connectivity index (χ4v) is 2.71. The van der Waals surface area contributed by atoms with Crippen LogP contribution in [0.15, 0.2) is 30.3 Å². The van der Waals surface area contributed by atoms with Crippen LogP contribution in [0.1, 0.15) is 15.9 Å². The number of benzene rings is 2. The van der Waals surface area contributed by atoms with Gasteiger partial charge in [0.25, 0.3) is 5.91 Å². The minimum atomic E-state index is -0.735. The van der Waals surface area contributed by atoms with Crippen molar-refractivity contribution in [2.24, 2.45) is 0 Å².